The van der Waals surface area contributed by atoms with E-state index in [0.29, 0.717) is 0 Å². The standard InChI is InChI=1S/C49H79N7O31/c50-5-7-79-21-10-19(42(75)55-22(44(77)53-17-82-48-40(73)36(69)32(65)26(14-59)86-48)1-3-28(61)51-6-8-80-46-38(71)34(67)30(63)24(12-57)84-46)9-20(11-21)43(76)56-23(45(78)54-18-83-49-41(74)37(70)33(66)27(15-60)87-49)2-4-29(62)52-16-81-47-39(72)35(68)31(64)25(13-58)85-47/h9-11,22-27,30-41,46-49,57-60,63-74H,1-8,12-18,50H2,(H,51,61)(H,52,62)(H,53,77)(H,54,78)(H,55,75)(H,56,76)/t22?,23?,24?,25?,26?,27?,30-,31-,32-,33-,34+,35+,36+,37+,38?,39?,40?,41?,46-,47-,48-,49-/m1/s1. The minimum absolute atomic E-state index is 0.0869. The second-order valence-electron chi connectivity index (χ2n) is 20.1. The molecule has 0 aromatic heterocycles. The molecule has 1 aromatic carbocycles. The number of aliphatic hydroxyl groups excluding tert-OH is 16. The predicted molar refractivity (Wildman–Crippen MR) is 278 cm³/mol. The van der Waals surface area contributed by atoms with Crippen molar-refractivity contribution in [2.75, 3.05) is 72.9 Å². The summed E-state index contributed by atoms with van der Waals surface area (Å²) in [5.74, 6) is -6.10. The van der Waals surface area contributed by atoms with Gasteiger partial charge in [-0.3, -0.25) is 28.8 Å². The van der Waals surface area contributed by atoms with E-state index in [-0.39, 0.29) is 32.1 Å². The molecular weight excluding hydrogens is 1180 g/mol. The van der Waals surface area contributed by atoms with E-state index in [0.717, 1.165) is 18.2 Å². The first-order chi connectivity index (χ1) is 41.4. The Morgan fingerprint density at radius 1 is 0.437 bits per heavy atom. The third-order valence-corrected chi connectivity index (χ3v) is 14.0. The van der Waals surface area contributed by atoms with Crippen molar-refractivity contribution in [1.29, 1.82) is 0 Å². The van der Waals surface area contributed by atoms with Crippen molar-refractivity contribution in [3.8, 4) is 5.75 Å². The SMILES string of the molecule is NCCOc1cc(C(=O)NC(CCC(=O)NCCO[C@@H]2OC(CO)[C@@H](O)[C@H](O)C2O)C(=O)NCO[C@@H]2OC(CO)[C@@H](O)[C@H](O)C2O)cc(C(=O)NC(CCC(=O)NCO[C@@H]2OC(CO)[C@@H](O)[C@H](O)C2O)C(=O)NCO[C@@H]2OC(CO)[C@@H](O)[C@H](O)C2O)c1. The van der Waals surface area contributed by atoms with Gasteiger partial charge >= 0.3 is 0 Å². The molecule has 0 saturated carbocycles. The topological polar surface area (TPSA) is 607 Å². The predicted octanol–water partition coefficient (Wildman–Crippen LogP) is -13.6. The third-order valence-electron chi connectivity index (χ3n) is 14.0. The van der Waals surface area contributed by atoms with Crippen LogP contribution in [0.3, 0.4) is 0 Å². The molecule has 38 nitrogen and oxygen atoms in total. The largest absolute Gasteiger partial charge is 0.492 e. The molecule has 87 heavy (non-hydrogen) atoms. The number of ether oxygens (including phenoxy) is 9. The lowest BCUT2D eigenvalue weighted by Crippen LogP contribution is -2.59. The number of nitrogens with one attached hydrogen (secondary N) is 6. The van der Waals surface area contributed by atoms with Crippen LogP contribution in [0.15, 0.2) is 18.2 Å². The zero-order valence-electron chi connectivity index (χ0n) is 46.4. The Hall–Kier alpha value is -5.16. The number of aliphatic hydroxyl groups is 16. The molecule has 0 aliphatic carbocycles. The Morgan fingerprint density at radius 2 is 0.770 bits per heavy atom. The highest BCUT2D eigenvalue weighted by Crippen LogP contribution is 2.26. The number of rotatable bonds is 32. The van der Waals surface area contributed by atoms with Gasteiger partial charge in [-0.1, -0.05) is 0 Å². The van der Waals surface area contributed by atoms with Crippen LogP contribution in [0.1, 0.15) is 46.4 Å². The highest BCUT2D eigenvalue weighted by Gasteiger charge is 2.47. The first-order valence-corrected chi connectivity index (χ1v) is 27.3. The average Bonchev–Trinajstić information content (AvgIpc) is 3.07. The number of hydrogen-bond donors (Lipinski definition) is 23. The number of carbonyl (C=O) groups excluding carboxylic acids is 6. The Kier molecular flexibility index (Phi) is 29.4. The average molecular weight is 1260 g/mol. The number of carbonyl (C=O) groups is 6. The molecule has 1 aromatic rings. The van der Waals surface area contributed by atoms with Gasteiger partial charge in [0, 0.05) is 37.1 Å². The summed E-state index contributed by atoms with van der Waals surface area (Å²) in [5, 5.41) is 174. The highest BCUT2D eigenvalue weighted by atomic mass is 16.7. The van der Waals surface area contributed by atoms with E-state index >= 15 is 0 Å². The summed E-state index contributed by atoms with van der Waals surface area (Å²) in [4.78, 5) is 82.1. The molecule has 5 rings (SSSR count). The Bertz CT molecular complexity index is 2350. The Labute approximate surface area is 493 Å². The van der Waals surface area contributed by atoms with Crippen molar-refractivity contribution in [1.82, 2.24) is 31.9 Å². The molecule has 4 saturated heterocycles. The molecular formula is C49H79N7O31. The summed E-state index contributed by atoms with van der Waals surface area (Å²) < 4.78 is 48.1. The molecule has 4 fully saturated rings. The zero-order chi connectivity index (χ0) is 64.2. The summed E-state index contributed by atoms with van der Waals surface area (Å²) >= 11 is 0. The quantitative estimate of drug-likeness (QED) is 0.0235. The van der Waals surface area contributed by atoms with Crippen LogP contribution in [0.4, 0.5) is 0 Å². The smallest absolute Gasteiger partial charge is 0.252 e. The van der Waals surface area contributed by atoms with Crippen molar-refractivity contribution in [2.24, 2.45) is 5.73 Å². The molecule has 38 heteroatoms. The van der Waals surface area contributed by atoms with E-state index in [1.807, 2.05) is 0 Å². The third kappa shape index (κ3) is 20.2. The lowest BCUT2D eigenvalue weighted by atomic mass is 9.99. The Morgan fingerprint density at radius 3 is 1.11 bits per heavy atom. The van der Waals surface area contributed by atoms with E-state index in [9.17, 15) is 110 Å². The second-order valence-corrected chi connectivity index (χ2v) is 20.1. The van der Waals surface area contributed by atoms with Crippen LogP contribution in [0.2, 0.25) is 0 Å². The van der Waals surface area contributed by atoms with E-state index in [4.69, 9.17) is 48.4 Å². The Balaban J connectivity index is 1.31. The molecule has 24 N–H and O–H groups in total. The van der Waals surface area contributed by atoms with Crippen LogP contribution < -0.4 is 42.4 Å². The summed E-state index contributed by atoms with van der Waals surface area (Å²) in [6, 6.07) is -0.126. The van der Waals surface area contributed by atoms with Gasteiger partial charge in [0.1, 0.15) is 142 Å². The van der Waals surface area contributed by atoms with Crippen LogP contribution >= 0.6 is 0 Å². The normalized spacial score (nSPS) is 33.3. The van der Waals surface area contributed by atoms with Gasteiger partial charge in [0.15, 0.2) is 25.2 Å². The molecule has 10 unspecified atom stereocenters. The van der Waals surface area contributed by atoms with Gasteiger partial charge < -0.3 is 162 Å². The minimum Gasteiger partial charge on any atom is -0.492 e. The summed E-state index contributed by atoms with van der Waals surface area (Å²) in [6.45, 7) is -6.36. The summed E-state index contributed by atoms with van der Waals surface area (Å²) in [6.07, 6.45) is -35.6. The van der Waals surface area contributed by atoms with Gasteiger partial charge in [-0.05, 0) is 31.0 Å². The first-order valence-electron chi connectivity index (χ1n) is 27.3. The number of nitrogens with two attached hydrogens (primary N) is 1. The van der Waals surface area contributed by atoms with Gasteiger partial charge in [0.2, 0.25) is 23.6 Å². The molecule has 22 atom stereocenters. The fraction of sp³-hybridized carbons (Fsp3) is 0.755. The van der Waals surface area contributed by atoms with Crippen molar-refractivity contribution in [3.63, 3.8) is 0 Å². The second kappa shape index (κ2) is 35.3. The maximum Gasteiger partial charge on any atom is 0.252 e. The molecule has 0 spiro atoms. The zero-order valence-corrected chi connectivity index (χ0v) is 46.4. The van der Waals surface area contributed by atoms with E-state index in [2.05, 4.69) is 31.9 Å². The van der Waals surface area contributed by atoms with Crippen LogP contribution in [0, 0.1) is 0 Å². The molecule has 4 aliphatic heterocycles. The fourth-order valence-electron chi connectivity index (χ4n) is 8.90. The molecule has 4 heterocycles. The van der Waals surface area contributed by atoms with Gasteiger partial charge in [0.25, 0.3) is 11.8 Å². The monoisotopic (exact) mass is 1260 g/mol. The summed E-state index contributed by atoms with van der Waals surface area (Å²) in [5.41, 5.74) is 4.85. The van der Waals surface area contributed by atoms with Crippen LogP contribution in [-0.4, -0.2) is 325 Å². The lowest BCUT2D eigenvalue weighted by molar-refractivity contribution is -0.302. The van der Waals surface area contributed by atoms with E-state index in [1.165, 1.54) is 0 Å². The van der Waals surface area contributed by atoms with Crippen LogP contribution in [0.5, 0.6) is 5.75 Å². The number of amides is 6. The van der Waals surface area contributed by atoms with Gasteiger partial charge in [-0.15, -0.1) is 0 Å². The van der Waals surface area contributed by atoms with E-state index in [1.54, 1.807) is 0 Å². The van der Waals surface area contributed by atoms with Crippen molar-refractivity contribution < 1.29 is 153 Å². The number of hydrogen-bond acceptors (Lipinski definition) is 32. The highest BCUT2D eigenvalue weighted by molar-refractivity contribution is 6.03. The van der Waals surface area contributed by atoms with Crippen molar-refractivity contribution in [3.05, 3.63) is 29.3 Å². The van der Waals surface area contributed by atoms with Gasteiger partial charge in [0.05, 0.1) is 33.0 Å². The molecule has 0 bridgehead atoms. The van der Waals surface area contributed by atoms with E-state index < -0.39 is 254 Å². The molecule has 4 aliphatic rings. The minimum atomic E-state index is -1.89. The van der Waals surface area contributed by atoms with Gasteiger partial charge in [-0.25, -0.2) is 0 Å². The fourth-order valence-corrected chi connectivity index (χ4v) is 8.90. The maximum atomic E-state index is 14.2. The lowest BCUT2D eigenvalue weighted by Gasteiger charge is -2.39. The van der Waals surface area contributed by atoms with Crippen molar-refractivity contribution >= 4 is 35.4 Å². The number of benzene rings is 1. The van der Waals surface area contributed by atoms with Crippen LogP contribution in [0.25, 0.3) is 0 Å². The maximum absolute atomic E-state index is 14.2. The first kappa shape index (κ1) is 72.6. The summed E-state index contributed by atoms with van der Waals surface area (Å²) in [7, 11) is 0. The molecule has 496 valence electrons. The van der Waals surface area contributed by atoms with Crippen molar-refractivity contribution in [2.45, 2.75) is 161 Å². The molecule has 0 radical (unpaired) electrons. The molecule has 6 amide bonds. The van der Waals surface area contributed by atoms with Crippen LogP contribution in [-0.2, 0) is 57.1 Å². The van der Waals surface area contributed by atoms with Gasteiger partial charge in [-0.2, -0.15) is 0 Å².